The van der Waals surface area contributed by atoms with E-state index in [4.69, 9.17) is 9.47 Å². The van der Waals surface area contributed by atoms with E-state index in [1.165, 1.54) is 16.8 Å². The standard InChI is InChI=1S/C16H17N3O4S/c1-2-22-16(21)19-15-13(18-9-24-15)14(20)17-7-10-8-23-12-6-4-3-5-11(10)12/h3-6,9-10H,2,7-8H2,1H3,(H,17,20)(H,19,21). The molecular formula is C16H17N3O4S. The molecule has 7 nitrogen and oxygen atoms in total. The van der Waals surface area contributed by atoms with Gasteiger partial charge in [0.05, 0.1) is 18.7 Å². The number of ether oxygens (including phenoxy) is 2. The second kappa shape index (κ2) is 7.31. The lowest BCUT2D eigenvalue weighted by Crippen LogP contribution is -2.30. The summed E-state index contributed by atoms with van der Waals surface area (Å²) in [7, 11) is 0. The van der Waals surface area contributed by atoms with Crippen molar-refractivity contribution >= 4 is 28.3 Å². The Morgan fingerprint density at radius 2 is 2.25 bits per heavy atom. The van der Waals surface area contributed by atoms with Gasteiger partial charge in [-0.1, -0.05) is 18.2 Å². The predicted octanol–water partition coefficient (Wildman–Crippen LogP) is 2.62. The maximum Gasteiger partial charge on any atom is 0.412 e. The highest BCUT2D eigenvalue weighted by Crippen LogP contribution is 2.33. The molecule has 8 heteroatoms. The van der Waals surface area contributed by atoms with Crippen LogP contribution in [0.5, 0.6) is 5.75 Å². The van der Waals surface area contributed by atoms with Crippen molar-refractivity contribution in [3.8, 4) is 5.75 Å². The van der Waals surface area contributed by atoms with Crippen molar-refractivity contribution in [3.63, 3.8) is 0 Å². The number of hydrogen-bond donors (Lipinski definition) is 2. The van der Waals surface area contributed by atoms with Crippen molar-refractivity contribution in [3.05, 3.63) is 41.0 Å². The molecule has 1 atom stereocenters. The second-order valence-corrected chi connectivity index (χ2v) is 5.99. The van der Waals surface area contributed by atoms with E-state index in [-0.39, 0.29) is 24.1 Å². The van der Waals surface area contributed by atoms with Gasteiger partial charge in [-0.15, -0.1) is 11.3 Å². The number of anilines is 1. The van der Waals surface area contributed by atoms with Crippen molar-refractivity contribution in [1.82, 2.24) is 10.3 Å². The molecule has 2 amide bonds. The first kappa shape index (κ1) is 16.3. The lowest BCUT2D eigenvalue weighted by atomic mass is 10.0. The lowest BCUT2D eigenvalue weighted by Gasteiger charge is -2.10. The van der Waals surface area contributed by atoms with Gasteiger partial charge >= 0.3 is 6.09 Å². The predicted molar refractivity (Wildman–Crippen MR) is 89.8 cm³/mol. The summed E-state index contributed by atoms with van der Waals surface area (Å²) in [5.41, 5.74) is 2.77. The van der Waals surface area contributed by atoms with E-state index in [0.29, 0.717) is 18.2 Å². The SMILES string of the molecule is CCOC(=O)Nc1scnc1C(=O)NCC1COc2ccccc21. The number of rotatable bonds is 5. The third kappa shape index (κ3) is 3.48. The largest absolute Gasteiger partial charge is 0.493 e. The van der Waals surface area contributed by atoms with Gasteiger partial charge in [-0.05, 0) is 13.0 Å². The number of fused-ring (bicyclic) bond motifs is 1. The number of thiazole rings is 1. The fraction of sp³-hybridized carbons (Fsp3) is 0.312. The highest BCUT2D eigenvalue weighted by Gasteiger charge is 2.25. The van der Waals surface area contributed by atoms with Crippen LogP contribution in [0.1, 0.15) is 28.9 Å². The molecule has 3 rings (SSSR count). The fourth-order valence-electron chi connectivity index (χ4n) is 2.45. The molecule has 2 N–H and O–H groups in total. The quantitative estimate of drug-likeness (QED) is 0.868. The molecule has 0 aliphatic carbocycles. The number of amides is 2. The van der Waals surface area contributed by atoms with Crippen LogP contribution < -0.4 is 15.4 Å². The zero-order chi connectivity index (χ0) is 16.9. The molecule has 2 heterocycles. The van der Waals surface area contributed by atoms with Gasteiger partial charge in [-0.2, -0.15) is 0 Å². The normalized spacial score (nSPS) is 15.3. The van der Waals surface area contributed by atoms with E-state index in [1.54, 1.807) is 6.92 Å². The Bertz CT molecular complexity index is 746. The van der Waals surface area contributed by atoms with Crippen molar-refractivity contribution < 1.29 is 19.1 Å². The summed E-state index contributed by atoms with van der Waals surface area (Å²) in [4.78, 5) is 27.8. The molecule has 1 aromatic carbocycles. The van der Waals surface area contributed by atoms with Gasteiger partial charge in [0.15, 0.2) is 5.69 Å². The van der Waals surface area contributed by atoms with Gasteiger partial charge < -0.3 is 14.8 Å². The Balaban J connectivity index is 1.60. The number of para-hydroxylation sites is 1. The van der Waals surface area contributed by atoms with Crippen molar-refractivity contribution in [2.45, 2.75) is 12.8 Å². The number of nitrogens with one attached hydrogen (secondary N) is 2. The second-order valence-electron chi connectivity index (χ2n) is 5.13. The zero-order valence-corrected chi connectivity index (χ0v) is 13.9. The first-order valence-corrected chi connectivity index (χ1v) is 8.44. The first-order chi connectivity index (χ1) is 11.7. The topological polar surface area (TPSA) is 89.5 Å². The Labute approximate surface area is 143 Å². The minimum absolute atomic E-state index is 0.102. The van der Waals surface area contributed by atoms with Crippen LogP contribution in [0.4, 0.5) is 9.80 Å². The van der Waals surface area contributed by atoms with Gasteiger partial charge in [0.25, 0.3) is 5.91 Å². The number of nitrogens with zero attached hydrogens (tertiary/aromatic N) is 1. The molecule has 0 fully saturated rings. The molecule has 24 heavy (non-hydrogen) atoms. The Kier molecular flexibility index (Phi) is 4.95. The summed E-state index contributed by atoms with van der Waals surface area (Å²) in [6, 6.07) is 7.78. The highest BCUT2D eigenvalue weighted by atomic mass is 32.1. The van der Waals surface area contributed by atoms with Crippen LogP contribution in [0.2, 0.25) is 0 Å². The van der Waals surface area contributed by atoms with E-state index in [2.05, 4.69) is 15.6 Å². The molecule has 1 aliphatic heterocycles. The van der Waals surface area contributed by atoms with Gasteiger partial charge in [0.1, 0.15) is 10.8 Å². The Morgan fingerprint density at radius 1 is 1.42 bits per heavy atom. The van der Waals surface area contributed by atoms with Gasteiger partial charge in [-0.3, -0.25) is 10.1 Å². The molecule has 0 radical (unpaired) electrons. The minimum atomic E-state index is -0.603. The molecule has 0 saturated heterocycles. The molecule has 1 aliphatic rings. The number of hydrogen-bond acceptors (Lipinski definition) is 6. The van der Waals surface area contributed by atoms with Crippen molar-refractivity contribution in [2.75, 3.05) is 25.1 Å². The maximum atomic E-state index is 12.3. The molecule has 0 spiro atoms. The molecular weight excluding hydrogens is 330 g/mol. The fourth-order valence-corrected chi connectivity index (χ4v) is 3.12. The number of carbonyl (C=O) groups is 2. The van der Waals surface area contributed by atoms with Gasteiger partial charge in [0.2, 0.25) is 0 Å². The van der Waals surface area contributed by atoms with E-state index < -0.39 is 6.09 Å². The van der Waals surface area contributed by atoms with Gasteiger partial charge in [0, 0.05) is 18.0 Å². The molecule has 1 unspecified atom stereocenters. The molecule has 126 valence electrons. The van der Waals surface area contributed by atoms with Crippen LogP contribution >= 0.6 is 11.3 Å². The summed E-state index contributed by atoms with van der Waals surface area (Å²) in [5.74, 6) is 0.618. The van der Waals surface area contributed by atoms with Crippen LogP contribution in [-0.2, 0) is 4.74 Å². The van der Waals surface area contributed by atoms with Crippen LogP contribution in [0, 0.1) is 0 Å². The molecule has 0 bridgehead atoms. The van der Waals surface area contributed by atoms with Crippen molar-refractivity contribution in [2.24, 2.45) is 0 Å². The third-order valence-electron chi connectivity index (χ3n) is 3.58. The minimum Gasteiger partial charge on any atom is -0.493 e. The summed E-state index contributed by atoms with van der Waals surface area (Å²) < 4.78 is 10.4. The Morgan fingerprint density at radius 3 is 3.08 bits per heavy atom. The van der Waals surface area contributed by atoms with Gasteiger partial charge in [-0.25, -0.2) is 9.78 Å². The van der Waals surface area contributed by atoms with Crippen molar-refractivity contribution in [1.29, 1.82) is 0 Å². The number of aromatic nitrogens is 1. The van der Waals surface area contributed by atoms with Crippen LogP contribution in [-0.4, -0.2) is 36.7 Å². The van der Waals surface area contributed by atoms with E-state index in [1.807, 2.05) is 24.3 Å². The molecule has 1 aromatic heterocycles. The average Bonchev–Trinajstić information content (AvgIpc) is 3.20. The lowest BCUT2D eigenvalue weighted by molar-refractivity contribution is 0.0946. The summed E-state index contributed by atoms with van der Waals surface area (Å²) in [6.45, 7) is 2.94. The number of benzene rings is 1. The summed E-state index contributed by atoms with van der Waals surface area (Å²) >= 11 is 1.17. The zero-order valence-electron chi connectivity index (χ0n) is 13.1. The average molecular weight is 347 g/mol. The number of carbonyl (C=O) groups excluding carboxylic acids is 2. The molecule has 0 saturated carbocycles. The van der Waals surface area contributed by atoms with E-state index in [0.717, 1.165) is 11.3 Å². The van der Waals surface area contributed by atoms with E-state index in [9.17, 15) is 9.59 Å². The van der Waals surface area contributed by atoms with Crippen LogP contribution in [0.3, 0.4) is 0 Å². The van der Waals surface area contributed by atoms with E-state index >= 15 is 0 Å². The monoisotopic (exact) mass is 347 g/mol. The molecule has 2 aromatic rings. The Hall–Kier alpha value is -2.61. The van der Waals surface area contributed by atoms with Crippen LogP contribution in [0.25, 0.3) is 0 Å². The summed E-state index contributed by atoms with van der Waals surface area (Å²) in [5, 5.41) is 5.74. The highest BCUT2D eigenvalue weighted by molar-refractivity contribution is 7.14. The van der Waals surface area contributed by atoms with Crippen LogP contribution in [0.15, 0.2) is 29.8 Å². The maximum absolute atomic E-state index is 12.3. The smallest absolute Gasteiger partial charge is 0.412 e. The third-order valence-corrected chi connectivity index (χ3v) is 4.32. The first-order valence-electron chi connectivity index (χ1n) is 7.56. The summed E-state index contributed by atoms with van der Waals surface area (Å²) in [6.07, 6.45) is -0.603.